The second kappa shape index (κ2) is 3.64. The van der Waals surface area contributed by atoms with Crippen molar-refractivity contribution in [3.63, 3.8) is 0 Å². The van der Waals surface area contributed by atoms with E-state index in [9.17, 15) is 13.6 Å². The third-order valence-corrected chi connectivity index (χ3v) is 1.67. The van der Waals surface area contributed by atoms with Gasteiger partial charge in [-0.2, -0.15) is 0 Å². The fourth-order valence-corrected chi connectivity index (χ4v) is 1.03. The highest BCUT2D eigenvalue weighted by atomic mass is 19.1. The molecule has 0 aliphatic heterocycles. The van der Waals surface area contributed by atoms with Crippen LogP contribution in [0.3, 0.4) is 0 Å². The first-order valence-corrected chi connectivity index (χ1v) is 4.01. The highest BCUT2D eigenvalue weighted by Crippen LogP contribution is 2.12. The maximum atomic E-state index is 12.7. The van der Waals surface area contributed by atoms with Crippen LogP contribution in [0, 0.1) is 17.6 Å². The van der Waals surface area contributed by atoms with Crippen molar-refractivity contribution < 1.29 is 13.6 Å². The van der Waals surface area contributed by atoms with Gasteiger partial charge in [0.15, 0.2) is 5.78 Å². The van der Waals surface area contributed by atoms with Crippen LogP contribution in [0.4, 0.5) is 8.78 Å². The quantitative estimate of drug-likeness (QED) is 0.646. The van der Waals surface area contributed by atoms with E-state index in [1.807, 2.05) is 0 Å². The molecule has 0 saturated heterocycles. The van der Waals surface area contributed by atoms with Gasteiger partial charge in [-0.15, -0.1) is 0 Å². The van der Waals surface area contributed by atoms with Crippen molar-refractivity contribution in [3.8, 4) is 0 Å². The molecular formula is C10H10F2O. The molecule has 0 aromatic heterocycles. The number of halogens is 2. The van der Waals surface area contributed by atoms with Gasteiger partial charge in [0.25, 0.3) is 0 Å². The summed E-state index contributed by atoms with van der Waals surface area (Å²) in [5.74, 6) is -1.94. The van der Waals surface area contributed by atoms with Crippen LogP contribution in [-0.4, -0.2) is 5.78 Å². The van der Waals surface area contributed by atoms with Gasteiger partial charge in [-0.3, -0.25) is 4.79 Å². The zero-order valence-corrected chi connectivity index (χ0v) is 7.47. The van der Waals surface area contributed by atoms with Crippen LogP contribution in [0.1, 0.15) is 24.2 Å². The number of carbonyl (C=O) groups is 1. The lowest BCUT2D eigenvalue weighted by Crippen LogP contribution is -2.08. The highest BCUT2D eigenvalue weighted by Gasteiger charge is 2.12. The molecule has 0 N–H and O–H groups in total. The second-order valence-electron chi connectivity index (χ2n) is 3.18. The fraction of sp³-hybridized carbons (Fsp3) is 0.300. The van der Waals surface area contributed by atoms with Crippen molar-refractivity contribution >= 4 is 5.78 Å². The zero-order chi connectivity index (χ0) is 10.0. The molecule has 70 valence electrons. The topological polar surface area (TPSA) is 17.1 Å². The van der Waals surface area contributed by atoms with Gasteiger partial charge in [0.05, 0.1) is 0 Å². The van der Waals surface area contributed by atoms with Crippen LogP contribution in [0.2, 0.25) is 0 Å². The van der Waals surface area contributed by atoms with Gasteiger partial charge in [-0.25, -0.2) is 8.78 Å². The maximum Gasteiger partial charge on any atom is 0.165 e. The first-order chi connectivity index (χ1) is 6.00. The summed E-state index contributed by atoms with van der Waals surface area (Å²) < 4.78 is 25.3. The van der Waals surface area contributed by atoms with E-state index in [-0.39, 0.29) is 17.3 Å². The third-order valence-electron chi connectivity index (χ3n) is 1.67. The Kier molecular flexibility index (Phi) is 2.76. The van der Waals surface area contributed by atoms with E-state index in [0.29, 0.717) is 0 Å². The summed E-state index contributed by atoms with van der Waals surface area (Å²) in [6.45, 7) is 3.37. The molecule has 0 aliphatic rings. The maximum absolute atomic E-state index is 12.7. The number of rotatable bonds is 2. The molecule has 1 aromatic rings. The number of hydrogen-bond donors (Lipinski definition) is 0. The van der Waals surface area contributed by atoms with Crippen LogP contribution in [0.25, 0.3) is 0 Å². The van der Waals surface area contributed by atoms with Crippen LogP contribution in [0.5, 0.6) is 0 Å². The van der Waals surface area contributed by atoms with Crippen molar-refractivity contribution in [2.45, 2.75) is 13.8 Å². The minimum absolute atomic E-state index is 0.0903. The largest absolute Gasteiger partial charge is 0.294 e. The smallest absolute Gasteiger partial charge is 0.165 e. The Bertz CT molecular complexity index is 311. The monoisotopic (exact) mass is 184 g/mol. The average molecular weight is 184 g/mol. The van der Waals surface area contributed by atoms with Gasteiger partial charge < -0.3 is 0 Å². The molecule has 0 amide bonds. The number of ketones is 1. The first-order valence-electron chi connectivity index (χ1n) is 4.01. The molecule has 0 bridgehead atoms. The molecule has 0 atom stereocenters. The van der Waals surface area contributed by atoms with Crippen LogP contribution < -0.4 is 0 Å². The molecular weight excluding hydrogens is 174 g/mol. The fourth-order valence-electron chi connectivity index (χ4n) is 1.03. The number of carbonyl (C=O) groups excluding carboxylic acids is 1. The van der Waals surface area contributed by atoms with Crippen molar-refractivity contribution in [1.29, 1.82) is 0 Å². The Morgan fingerprint density at radius 1 is 1.15 bits per heavy atom. The molecule has 0 aliphatic carbocycles. The standard InChI is InChI=1S/C10H10F2O/c1-6(2)10(13)7-3-8(11)5-9(12)4-7/h3-6H,1-2H3. The van der Waals surface area contributed by atoms with E-state index in [0.717, 1.165) is 18.2 Å². The summed E-state index contributed by atoms with van der Waals surface area (Å²) in [5.41, 5.74) is 0.0903. The SMILES string of the molecule is CC(C)C(=O)c1cc(F)cc(F)c1. The Hall–Kier alpha value is -1.25. The normalized spacial score (nSPS) is 10.5. The molecule has 0 radical (unpaired) electrons. The van der Waals surface area contributed by atoms with Gasteiger partial charge in [0.2, 0.25) is 0 Å². The minimum atomic E-state index is -0.719. The van der Waals surface area contributed by atoms with Crippen LogP contribution in [0.15, 0.2) is 18.2 Å². The molecule has 0 spiro atoms. The molecule has 13 heavy (non-hydrogen) atoms. The second-order valence-corrected chi connectivity index (χ2v) is 3.18. The lowest BCUT2D eigenvalue weighted by atomic mass is 10.0. The first kappa shape index (κ1) is 9.84. The van der Waals surface area contributed by atoms with Gasteiger partial charge in [-0.05, 0) is 12.1 Å². The number of hydrogen-bond acceptors (Lipinski definition) is 1. The lowest BCUT2D eigenvalue weighted by Gasteiger charge is -2.03. The summed E-state index contributed by atoms with van der Waals surface area (Å²) in [4.78, 5) is 11.3. The van der Waals surface area contributed by atoms with Crippen molar-refractivity contribution in [1.82, 2.24) is 0 Å². The summed E-state index contributed by atoms with van der Waals surface area (Å²) in [7, 11) is 0. The van der Waals surface area contributed by atoms with Crippen molar-refractivity contribution in [2.24, 2.45) is 5.92 Å². The van der Waals surface area contributed by atoms with E-state index in [4.69, 9.17) is 0 Å². The van der Waals surface area contributed by atoms with Gasteiger partial charge in [-0.1, -0.05) is 13.8 Å². The molecule has 1 nitrogen and oxygen atoms in total. The molecule has 0 saturated carbocycles. The molecule has 1 aromatic carbocycles. The predicted molar refractivity (Wildman–Crippen MR) is 45.5 cm³/mol. The summed E-state index contributed by atoms with van der Waals surface area (Å²) in [5, 5.41) is 0. The highest BCUT2D eigenvalue weighted by molar-refractivity contribution is 5.97. The summed E-state index contributed by atoms with van der Waals surface area (Å²) in [6, 6.07) is 2.84. The molecule has 0 fully saturated rings. The van der Waals surface area contributed by atoms with Crippen molar-refractivity contribution in [2.75, 3.05) is 0 Å². The molecule has 3 heteroatoms. The molecule has 0 heterocycles. The number of Topliss-reactive ketones (excluding diaryl/α,β-unsaturated/α-hetero) is 1. The van der Waals surface area contributed by atoms with E-state index in [1.54, 1.807) is 13.8 Å². The molecule has 1 rings (SSSR count). The van der Waals surface area contributed by atoms with Crippen LogP contribution in [-0.2, 0) is 0 Å². The lowest BCUT2D eigenvalue weighted by molar-refractivity contribution is 0.0938. The minimum Gasteiger partial charge on any atom is -0.294 e. The zero-order valence-electron chi connectivity index (χ0n) is 7.47. The predicted octanol–water partition coefficient (Wildman–Crippen LogP) is 2.80. The van der Waals surface area contributed by atoms with E-state index >= 15 is 0 Å². The third kappa shape index (κ3) is 2.34. The van der Waals surface area contributed by atoms with E-state index in [1.165, 1.54) is 0 Å². The Labute approximate surface area is 75.4 Å². The van der Waals surface area contributed by atoms with E-state index < -0.39 is 11.6 Å². The van der Waals surface area contributed by atoms with Gasteiger partial charge >= 0.3 is 0 Å². The van der Waals surface area contributed by atoms with Crippen molar-refractivity contribution in [3.05, 3.63) is 35.4 Å². The molecule has 0 unspecified atom stereocenters. The Balaban J connectivity index is 3.08. The van der Waals surface area contributed by atoms with Crippen LogP contribution >= 0.6 is 0 Å². The van der Waals surface area contributed by atoms with E-state index in [2.05, 4.69) is 0 Å². The Morgan fingerprint density at radius 2 is 1.62 bits per heavy atom. The van der Waals surface area contributed by atoms with Gasteiger partial charge in [0, 0.05) is 17.5 Å². The van der Waals surface area contributed by atoms with Gasteiger partial charge in [0.1, 0.15) is 11.6 Å². The summed E-state index contributed by atoms with van der Waals surface area (Å²) >= 11 is 0. The number of benzene rings is 1. The Morgan fingerprint density at radius 3 is 2.00 bits per heavy atom. The summed E-state index contributed by atoms with van der Waals surface area (Å²) in [6.07, 6.45) is 0. The average Bonchev–Trinajstić information content (AvgIpc) is 2.01.